The lowest BCUT2D eigenvalue weighted by molar-refractivity contribution is 0.423. The van der Waals surface area contributed by atoms with Gasteiger partial charge in [0.15, 0.2) is 0 Å². The standard InChI is InChI=1S/C19H25ClN2O2S/c1-3-12-21-14-17-13-18(10-11-19(17)20)25(23,24)22(4-2)15-16-8-6-5-7-9-16/h5-11,13,21H,3-4,12,14-15H2,1-2H3. The third-order valence-electron chi connectivity index (χ3n) is 3.95. The molecule has 0 aliphatic carbocycles. The van der Waals surface area contributed by atoms with Crippen LogP contribution in [0.4, 0.5) is 0 Å². The van der Waals surface area contributed by atoms with E-state index in [0.717, 1.165) is 24.1 Å². The first-order valence-electron chi connectivity index (χ1n) is 8.52. The molecule has 2 aromatic carbocycles. The normalized spacial score (nSPS) is 11.8. The number of nitrogens with one attached hydrogen (secondary N) is 1. The zero-order chi connectivity index (χ0) is 18.3. The average molecular weight is 381 g/mol. The van der Waals surface area contributed by atoms with Gasteiger partial charge < -0.3 is 5.32 Å². The van der Waals surface area contributed by atoms with Gasteiger partial charge in [0.25, 0.3) is 0 Å². The number of sulfonamides is 1. The quantitative estimate of drug-likeness (QED) is 0.667. The molecular formula is C19H25ClN2O2S. The highest BCUT2D eigenvalue weighted by molar-refractivity contribution is 7.89. The molecule has 0 aliphatic heterocycles. The lowest BCUT2D eigenvalue weighted by Crippen LogP contribution is -2.30. The number of hydrogen-bond donors (Lipinski definition) is 1. The summed E-state index contributed by atoms with van der Waals surface area (Å²) in [5, 5.41) is 3.84. The second-order valence-corrected chi connectivity index (χ2v) is 8.19. The largest absolute Gasteiger partial charge is 0.313 e. The zero-order valence-corrected chi connectivity index (χ0v) is 16.3. The predicted molar refractivity (Wildman–Crippen MR) is 103 cm³/mol. The molecule has 0 atom stereocenters. The topological polar surface area (TPSA) is 49.4 Å². The van der Waals surface area contributed by atoms with E-state index in [9.17, 15) is 8.42 Å². The second-order valence-electron chi connectivity index (χ2n) is 5.85. The van der Waals surface area contributed by atoms with Gasteiger partial charge in [-0.15, -0.1) is 0 Å². The Labute approximate surface area is 155 Å². The van der Waals surface area contributed by atoms with Crippen LogP contribution in [0.2, 0.25) is 5.02 Å². The maximum atomic E-state index is 13.0. The molecule has 0 radical (unpaired) electrons. The van der Waals surface area contributed by atoms with Crippen molar-refractivity contribution in [3.63, 3.8) is 0 Å². The molecule has 0 bridgehead atoms. The lowest BCUT2D eigenvalue weighted by Gasteiger charge is -2.21. The van der Waals surface area contributed by atoms with Gasteiger partial charge in [-0.3, -0.25) is 0 Å². The van der Waals surface area contributed by atoms with Gasteiger partial charge >= 0.3 is 0 Å². The highest BCUT2D eigenvalue weighted by Crippen LogP contribution is 2.24. The first-order valence-corrected chi connectivity index (χ1v) is 10.3. The van der Waals surface area contributed by atoms with E-state index in [0.29, 0.717) is 24.7 Å². The maximum absolute atomic E-state index is 13.0. The van der Waals surface area contributed by atoms with Crippen molar-refractivity contribution >= 4 is 21.6 Å². The van der Waals surface area contributed by atoms with Crippen LogP contribution in [0.1, 0.15) is 31.4 Å². The molecule has 0 spiro atoms. The van der Waals surface area contributed by atoms with Crippen molar-refractivity contribution in [3.05, 3.63) is 64.7 Å². The van der Waals surface area contributed by atoms with Gasteiger partial charge in [0, 0.05) is 24.7 Å². The highest BCUT2D eigenvalue weighted by Gasteiger charge is 2.24. The van der Waals surface area contributed by atoms with Crippen LogP contribution in [0.25, 0.3) is 0 Å². The fourth-order valence-corrected chi connectivity index (χ4v) is 4.22. The molecule has 0 fully saturated rings. The third kappa shape index (κ3) is 5.28. The van der Waals surface area contributed by atoms with E-state index < -0.39 is 10.0 Å². The molecule has 0 amide bonds. The molecule has 0 heterocycles. The van der Waals surface area contributed by atoms with Crippen molar-refractivity contribution in [1.82, 2.24) is 9.62 Å². The van der Waals surface area contributed by atoms with Crippen molar-refractivity contribution in [3.8, 4) is 0 Å². The van der Waals surface area contributed by atoms with E-state index in [-0.39, 0.29) is 4.90 Å². The summed E-state index contributed by atoms with van der Waals surface area (Å²) in [6.07, 6.45) is 1.01. The summed E-state index contributed by atoms with van der Waals surface area (Å²) in [6.45, 7) is 6.11. The Morgan fingerprint density at radius 1 is 1.08 bits per heavy atom. The molecule has 4 nitrogen and oxygen atoms in total. The van der Waals surface area contributed by atoms with Gasteiger partial charge in [0.05, 0.1) is 4.90 Å². The molecule has 6 heteroatoms. The van der Waals surface area contributed by atoms with Gasteiger partial charge in [-0.05, 0) is 42.3 Å². The van der Waals surface area contributed by atoms with Crippen LogP contribution in [0.5, 0.6) is 0 Å². The van der Waals surface area contributed by atoms with Gasteiger partial charge in [-0.25, -0.2) is 8.42 Å². The molecule has 2 rings (SSSR count). The molecule has 0 saturated carbocycles. The third-order valence-corrected chi connectivity index (χ3v) is 6.24. The molecule has 2 aromatic rings. The van der Waals surface area contributed by atoms with Crippen molar-refractivity contribution < 1.29 is 8.42 Å². The van der Waals surface area contributed by atoms with Crippen LogP contribution < -0.4 is 5.32 Å². The zero-order valence-electron chi connectivity index (χ0n) is 14.7. The summed E-state index contributed by atoms with van der Waals surface area (Å²) in [5.41, 5.74) is 1.76. The lowest BCUT2D eigenvalue weighted by atomic mass is 10.2. The van der Waals surface area contributed by atoms with Crippen molar-refractivity contribution in [2.45, 2.75) is 38.3 Å². The molecule has 1 N–H and O–H groups in total. The molecule has 0 aromatic heterocycles. The minimum absolute atomic E-state index is 0.281. The van der Waals surface area contributed by atoms with Crippen LogP contribution in [0.3, 0.4) is 0 Å². The summed E-state index contributed by atoms with van der Waals surface area (Å²) in [5.74, 6) is 0. The summed E-state index contributed by atoms with van der Waals surface area (Å²) in [4.78, 5) is 0.281. The van der Waals surface area contributed by atoms with Crippen molar-refractivity contribution in [2.75, 3.05) is 13.1 Å². The molecule has 25 heavy (non-hydrogen) atoms. The number of nitrogens with zero attached hydrogens (tertiary/aromatic N) is 1. The Morgan fingerprint density at radius 3 is 2.44 bits per heavy atom. The van der Waals surface area contributed by atoms with E-state index in [2.05, 4.69) is 12.2 Å². The monoisotopic (exact) mass is 380 g/mol. The number of hydrogen-bond acceptors (Lipinski definition) is 3. The Kier molecular flexibility index (Phi) is 7.44. The minimum Gasteiger partial charge on any atom is -0.313 e. The first-order chi connectivity index (χ1) is 12.0. The summed E-state index contributed by atoms with van der Waals surface area (Å²) in [6, 6.07) is 14.5. The van der Waals surface area contributed by atoms with Gasteiger partial charge in [-0.1, -0.05) is 55.8 Å². The molecule has 136 valence electrons. The van der Waals surface area contributed by atoms with E-state index in [1.54, 1.807) is 18.2 Å². The fraction of sp³-hybridized carbons (Fsp3) is 0.368. The Hall–Kier alpha value is -1.40. The summed E-state index contributed by atoms with van der Waals surface area (Å²) in [7, 11) is -3.57. The summed E-state index contributed by atoms with van der Waals surface area (Å²) < 4.78 is 27.5. The Balaban J connectivity index is 2.26. The Morgan fingerprint density at radius 2 is 1.80 bits per heavy atom. The number of rotatable bonds is 9. The van der Waals surface area contributed by atoms with Gasteiger partial charge in [0.1, 0.15) is 0 Å². The van der Waals surface area contributed by atoms with Gasteiger partial charge in [0.2, 0.25) is 10.0 Å². The van der Waals surface area contributed by atoms with E-state index in [1.165, 1.54) is 4.31 Å². The number of halogens is 1. The van der Waals surface area contributed by atoms with Crippen LogP contribution >= 0.6 is 11.6 Å². The molecule has 0 unspecified atom stereocenters. The Bertz CT molecular complexity index is 779. The van der Waals surface area contributed by atoms with Crippen molar-refractivity contribution in [1.29, 1.82) is 0 Å². The van der Waals surface area contributed by atoms with E-state index in [4.69, 9.17) is 11.6 Å². The minimum atomic E-state index is -3.57. The van der Waals surface area contributed by atoms with Crippen LogP contribution in [0.15, 0.2) is 53.4 Å². The molecule has 0 aliphatic rings. The molecular weight excluding hydrogens is 356 g/mol. The highest BCUT2D eigenvalue weighted by atomic mass is 35.5. The molecule has 0 saturated heterocycles. The SMILES string of the molecule is CCCNCc1cc(S(=O)(=O)N(CC)Cc2ccccc2)ccc1Cl. The predicted octanol–water partition coefficient (Wildman–Crippen LogP) is 4.05. The van der Waals surface area contributed by atoms with Crippen LogP contribution in [0, 0.1) is 0 Å². The van der Waals surface area contributed by atoms with E-state index >= 15 is 0 Å². The van der Waals surface area contributed by atoms with Crippen LogP contribution in [-0.4, -0.2) is 25.8 Å². The number of benzene rings is 2. The average Bonchev–Trinajstić information content (AvgIpc) is 2.62. The van der Waals surface area contributed by atoms with E-state index in [1.807, 2.05) is 37.3 Å². The van der Waals surface area contributed by atoms with Crippen LogP contribution in [-0.2, 0) is 23.1 Å². The van der Waals surface area contributed by atoms with Crippen molar-refractivity contribution in [2.24, 2.45) is 0 Å². The second kappa shape index (κ2) is 9.34. The summed E-state index contributed by atoms with van der Waals surface area (Å²) >= 11 is 6.22. The maximum Gasteiger partial charge on any atom is 0.243 e. The fourth-order valence-electron chi connectivity index (χ4n) is 2.55. The first kappa shape index (κ1) is 19.9. The van der Waals surface area contributed by atoms with Gasteiger partial charge in [-0.2, -0.15) is 4.31 Å². The smallest absolute Gasteiger partial charge is 0.243 e.